The van der Waals surface area contributed by atoms with Crippen LogP contribution in [0, 0.1) is 0 Å². The molecule has 2 aromatic rings. The number of hydrogen-bond acceptors (Lipinski definition) is 4. The molecule has 0 aliphatic rings. The molecular weight excluding hydrogens is 302 g/mol. The first-order chi connectivity index (χ1) is 11.5. The predicted molar refractivity (Wildman–Crippen MR) is 98.1 cm³/mol. The Kier molecular flexibility index (Phi) is 5.95. The van der Waals surface area contributed by atoms with E-state index in [-0.39, 0.29) is 5.91 Å². The first-order valence-corrected chi connectivity index (χ1v) is 7.84. The number of methoxy groups -OCH3 is 1. The van der Waals surface area contributed by atoms with Crippen LogP contribution in [0.1, 0.15) is 29.3 Å². The minimum atomic E-state index is -0.222. The van der Waals surface area contributed by atoms with Gasteiger partial charge in [0, 0.05) is 25.3 Å². The van der Waals surface area contributed by atoms with Gasteiger partial charge in [-0.05, 0) is 60.5 Å². The molecule has 1 N–H and O–H groups in total. The molecule has 0 aromatic heterocycles. The summed E-state index contributed by atoms with van der Waals surface area (Å²) >= 11 is 0. The van der Waals surface area contributed by atoms with Gasteiger partial charge in [0.2, 0.25) is 0 Å². The number of carbonyl (C=O) groups excluding carboxylic acids is 1. The molecule has 2 rings (SSSR count). The Morgan fingerprint density at radius 1 is 1.04 bits per heavy atom. The van der Waals surface area contributed by atoms with Crippen LogP contribution in [0.2, 0.25) is 0 Å². The van der Waals surface area contributed by atoms with E-state index in [0.29, 0.717) is 12.0 Å². The standard InChI is InChI=1S/C19H23N3O2/c1-5-18(14-8-12-17(24-4)13-9-14)20-21-19(23)15-6-10-16(11-7-15)22(2)3/h6-13H,5H2,1-4H3,(H,21,23). The van der Waals surface area contributed by atoms with Gasteiger partial charge in [0.15, 0.2) is 0 Å². The lowest BCUT2D eigenvalue weighted by molar-refractivity contribution is 0.0955. The molecule has 0 fully saturated rings. The summed E-state index contributed by atoms with van der Waals surface area (Å²) in [5.74, 6) is 0.569. The molecule has 1 amide bonds. The number of benzene rings is 2. The Labute approximate surface area is 142 Å². The Balaban J connectivity index is 2.09. The van der Waals surface area contributed by atoms with Crippen molar-refractivity contribution in [2.75, 3.05) is 26.1 Å². The van der Waals surface area contributed by atoms with Crippen molar-refractivity contribution in [3.05, 3.63) is 59.7 Å². The van der Waals surface area contributed by atoms with Crippen molar-refractivity contribution in [3.8, 4) is 5.75 Å². The van der Waals surface area contributed by atoms with Crippen molar-refractivity contribution < 1.29 is 9.53 Å². The lowest BCUT2D eigenvalue weighted by atomic mass is 10.1. The van der Waals surface area contributed by atoms with E-state index < -0.39 is 0 Å². The maximum Gasteiger partial charge on any atom is 0.271 e. The van der Waals surface area contributed by atoms with Gasteiger partial charge in [-0.25, -0.2) is 5.43 Å². The molecule has 0 heterocycles. The topological polar surface area (TPSA) is 53.9 Å². The fourth-order valence-electron chi connectivity index (χ4n) is 2.22. The van der Waals surface area contributed by atoms with Gasteiger partial charge in [-0.3, -0.25) is 4.79 Å². The zero-order valence-electron chi connectivity index (χ0n) is 14.5. The van der Waals surface area contributed by atoms with Crippen molar-refractivity contribution in [1.29, 1.82) is 0 Å². The molecule has 5 nitrogen and oxygen atoms in total. The van der Waals surface area contributed by atoms with E-state index in [1.54, 1.807) is 19.2 Å². The Morgan fingerprint density at radius 3 is 2.12 bits per heavy atom. The lowest BCUT2D eigenvalue weighted by Gasteiger charge is -2.12. The van der Waals surface area contributed by atoms with Crippen LogP contribution >= 0.6 is 0 Å². The van der Waals surface area contributed by atoms with E-state index in [1.807, 2.05) is 62.3 Å². The molecule has 0 aliphatic carbocycles. The van der Waals surface area contributed by atoms with Gasteiger partial charge in [-0.2, -0.15) is 5.10 Å². The van der Waals surface area contributed by atoms with Crippen molar-refractivity contribution in [1.82, 2.24) is 5.43 Å². The second-order valence-electron chi connectivity index (χ2n) is 5.52. The largest absolute Gasteiger partial charge is 0.497 e. The molecule has 0 saturated carbocycles. The van der Waals surface area contributed by atoms with Crippen LogP contribution in [0.15, 0.2) is 53.6 Å². The van der Waals surface area contributed by atoms with Crippen molar-refractivity contribution >= 4 is 17.3 Å². The normalized spacial score (nSPS) is 11.1. The number of carbonyl (C=O) groups is 1. The van der Waals surface area contributed by atoms with Crippen LogP contribution in [0.4, 0.5) is 5.69 Å². The molecule has 0 saturated heterocycles. The monoisotopic (exact) mass is 325 g/mol. The average Bonchev–Trinajstić information content (AvgIpc) is 2.62. The van der Waals surface area contributed by atoms with E-state index in [1.165, 1.54) is 0 Å². The highest BCUT2D eigenvalue weighted by molar-refractivity contribution is 6.02. The smallest absolute Gasteiger partial charge is 0.271 e. The van der Waals surface area contributed by atoms with Crippen molar-refractivity contribution in [3.63, 3.8) is 0 Å². The predicted octanol–water partition coefficient (Wildman–Crippen LogP) is 3.31. The highest BCUT2D eigenvalue weighted by Gasteiger charge is 2.07. The fourth-order valence-corrected chi connectivity index (χ4v) is 2.22. The molecule has 0 aliphatic heterocycles. The van der Waals surface area contributed by atoms with Crippen LogP contribution in [0.25, 0.3) is 0 Å². The van der Waals surface area contributed by atoms with Gasteiger partial charge in [0.05, 0.1) is 12.8 Å². The maximum absolute atomic E-state index is 12.2. The summed E-state index contributed by atoms with van der Waals surface area (Å²) in [6, 6.07) is 15.0. The van der Waals surface area contributed by atoms with Crippen LogP contribution in [0.3, 0.4) is 0 Å². The summed E-state index contributed by atoms with van der Waals surface area (Å²) in [5.41, 5.74) is 6.03. The van der Waals surface area contributed by atoms with E-state index in [2.05, 4.69) is 10.5 Å². The summed E-state index contributed by atoms with van der Waals surface area (Å²) < 4.78 is 5.15. The van der Waals surface area contributed by atoms with Gasteiger partial charge in [-0.1, -0.05) is 6.92 Å². The second-order valence-corrected chi connectivity index (χ2v) is 5.52. The van der Waals surface area contributed by atoms with E-state index >= 15 is 0 Å². The third-order valence-electron chi connectivity index (χ3n) is 3.70. The van der Waals surface area contributed by atoms with Gasteiger partial charge < -0.3 is 9.64 Å². The highest BCUT2D eigenvalue weighted by Crippen LogP contribution is 2.14. The van der Waals surface area contributed by atoms with E-state index in [4.69, 9.17) is 4.74 Å². The van der Waals surface area contributed by atoms with Crippen LogP contribution in [0.5, 0.6) is 5.75 Å². The number of nitrogens with zero attached hydrogens (tertiary/aromatic N) is 2. The van der Waals surface area contributed by atoms with Crippen LogP contribution in [-0.4, -0.2) is 32.8 Å². The number of anilines is 1. The molecule has 0 radical (unpaired) electrons. The van der Waals surface area contributed by atoms with Crippen molar-refractivity contribution in [2.24, 2.45) is 5.10 Å². The maximum atomic E-state index is 12.2. The molecule has 126 valence electrons. The quantitative estimate of drug-likeness (QED) is 0.655. The molecule has 5 heteroatoms. The van der Waals surface area contributed by atoms with E-state index in [0.717, 1.165) is 22.7 Å². The van der Waals surface area contributed by atoms with Gasteiger partial charge in [0.25, 0.3) is 5.91 Å². The van der Waals surface area contributed by atoms with Crippen LogP contribution in [-0.2, 0) is 0 Å². The molecule has 0 bridgehead atoms. The molecule has 2 aromatic carbocycles. The minimum Gasteiger partial charge on any atom is -0.497 e. The summed E-state index contributed by atoms with van der Waals surface area (Å²) in [4.78, 5) is 14.2. The highest BCUT2D eigenvalue weighted by atomic mass is 16.5. The molecular formula is C19H23N3O2. The number of rotatable bonds is 6. The average molecular weight is 325 g/mol. The summed E-state index contributed by atoms with van der Waals surface area (Å²) in [7, 11) is 5.55. The third-order valence-corrected chi connectivity index (χ3v) is 3.70. The minimum absolute atomic E-state index is 0.222. The van der Waals surface area contributed by atoms with Crippen molar-refractivity contribution in [2.45, 2.75) is 13.3 Å². The summed E-state index contributed by atoms with van der Waals surface area (Å²) in [6.45, 7) is 2.00. The SMILES string of the molecule is CCC(=NNC(=O)c1ccc(N(C)C)cc1)c1ccc(OC)cc1. The summed E-state index contributed by atoms with van der Waals surface area (Å²) in [6.07, 6.45) is 0.714. The Morgan fingerprint density at radius 2 is 1.62 bits per heavy atom. The van der Waals surface area contributed by atoms with Gasteiger partial charge in [0.1, 0.15) is 5.75 Å². The Hall–Kier alpha value is -2.82. The first-order valence-electron chi connectivity index (χ1n) is 7.84. The fraction of sp³-hybridized carbons (Fsp3) is 0.263. The first kappa shape index (κ1) is 17.5. The second kappa shape index (κ2) is 8.15. The Bertz CT molecular complexity index is 704. The zero-order valence-corrected chi connectivity index (χ0v) is 14.5. The number of ether oxygens (including phenoxy) is 1. The number of hydrogen-bond donors (Lipinski definition) is 1. The molecule has 0 spiro atoms. The zero-order chi connectivity index (χ0) is 17.5. The molecule has 24 heavy (non-hydrogen) atoms. The third kappa shape index (κ3) is 4.35. The number of nitrogens with one attached hydrogen (secondary N) is 1. The van der Waals surface area contributed by atoms with Crippen LogP contribution < -0.4 is 15.1 Å². The number of amides is 1. The number of hydrazone groups is 1. The van der Waals surface area contributed by atoms with Gasteiger partial charge >= 0.3 is 0 Å². The lowest BCUT2D eigenvalue weighted by Crippen LogP contribution is -2.20. The van der Waals surface area contributed by atoms with E-state index in [9.17, 15) is 4.79 Å². The molecule has 0 unspecified atom stereocenters. The summed E-state index contributed by atoms with van der Waals surface area (Å²) in [5, 5.41) is 4.27. The molecule has 0 atom stereocenters. The van der Waals surface area contributed by atoms with Gasteiger partial charge in [-0.15, -0.1) is 0 Å².